The van der Waals surface area contributed by atoms with Gasteiger partial charge in [0.2, 0.25) is 0 Å². The SMILES string of the molecule is CCC1CCN(C(=O)NC2(C(=O)O)CCCC2)C1. The van der Waals surface area contributed by atoms with Crippen molar-refractivity contribution in [3.05, 3.63) is 0 Å². The summed E-state index contributed by atoms with van der Waals surface area (Å²) in [7, 11) is 0. The number of nitrogens with one attached hydrogen (secondary N) is 1. The lowest BCUT2D eigenvalue weighted by Gasteiger charge is -2.28. The first kappa shape index (κ1) is 13.2. The van der Waals surface area contributed by atoms with Crippen LogP contribution in [-0.4, -0.2) is 40.6 Å². The third kappa shape index (κ3) is 2.44. The minimum absolute atomic E-state index is 0.199. The molecular formula is C13H22N2O3. The molecule has 2 rings (SSSR count). The Morgan fingerprint density at radius 3 is 2.56 bits per heavy atom. The van der Waals surface area contributed by atoms with Gasteiger partial charge in [0.1, 0.15) is 5.54 Å². The first-order chi connectivity index (χ1) is 8.57. The number of carbonyl (C=O) groups excluding carboxylic acids is 1. The minimum Gasteiger partial charge on any atom is -0.480 e. The summed E-state index contributed by atoms with van der Waals surface area (Å²) in [6, 6.07) is -0.199. The molecule has 0 spiro atoms. The molecule has 0 aromatic carbocycles. The minimum atomic E-state index is -1.01. The van der Waals surface area contributed by atoms with E-state index in [4.69, 9.17) is 0 Å². The van der Waals surface area contributed by atoms with Crippen molar-refractivity contribution in [2.75, 3.05) is 13.1 Å². The molecule has 1 atom stereocenters. The molecule has 2 N–H and O–H groups in total. The maximum Gasteiger partial charge on any atom is 0.329 e. The summed E-state index contributed by atoms with van der Waals surface area (Å²) < 4.78 is 0. The van der Waals surface area contributed by atoms with E-state index in [-0.39, 0.29) is 6.03 Å². The molecule has 18 heavy (non-hydrogen) atoms. The van der Waals surface area contributed by atoms with Crippen molar-refractivity contribution in [3.63, 3.8) is 0 Å². The largest absolute Gasteiger partial charge is 0.480 e. The highest BCUT2D eigenvalue weighted by atomic mass is 16.4. The molecule has 5 heteroatoms. The van der Waals surface area contributed by atoms with E-state index in [0.29, 0.717) is 18.8 Å². The molecule has 1 aliphatic carbocycles. The molecule has 2 fully saturated rings. The van der Waals surface area contributed by atoms with E-state index in [1.807, 2.05) is 0 Å². The van der Waals surface area contributed by atoms with Gasteiger partial charge in [-0.15, -0.1) is 0 Å². The van der Waals surface area contributed by atoms with Crippen LogP contribution in [0.25, 0.3) is 0 Å². The molecule has 1 aliphatic heterocycles. The van der Waals surface area contributed by atoms with E-state index < -0.39 is 11.5 Å². The van der Waals surface area contributed by atoms with Gasteiger partial charge in [0, 0.05) is 13.1 Å². The van der Waals surface area contributed by atoms with Crippen molar-refractivity contribution in [1.29, 1.82) is 0 Å². The van der Waals surface area contributed by atoms with Gasteiger partial charge in [-0.05, 0) is 25.2 Å². The van der Waals surface area contributed by atoms with Crippen LogP contribution in [0.1, 0.15) is 45.4 Å². The quantitative estimate of drug-likeness (QED) is 0.807. The highest BCUT2D eigenvalue weighted by Crippen LogP contribution is 2.30. The Labute approximate surface area is 108 Å². The van der Waals surface area contributed by atoms with E-state index in [0.717, 1.165) is 38.8 Å². The molecule has 2 aliphatic rings. The molecule has 5 nitrogen and oxygen atoms in total. The Balaban J connectivity index is 1.96. The highest BCUT2D eigenvalue weighted by molar-refractivity contribution is 5.86. The number of amides is 2. The first-order valence-electron chi connectivity index (χ1n) is 6.88. The van der Waals surface area contributed by atoms with E-state index in [9.17, 15) is 14.7 Å². The Morgan fingerprint density at radius 1 is 1.39 bits per heavy atom. The zero-order valence-electron chi connectivity index (χ0n) is 10.9. The summed E-state index contributed by atoms with van der Waals surface area (Å²) in [4.78, 5) is 25.2. The maximum atomic E-state index is 12.1. The Hall–Kier alpha value is -1.26. The average Bonchev–Trinajstić information content (AvgIpc) is 2.97. The normalized spacial score (nSPS) is 26.3. The Kier molecular flexibility index (Phi) is 3.78. The van der Waals surface area contributed by atoms with E-state index in [1.165, 1.54) is 0 Å². The highest BCUT2D eigenvalue weighted by Gasteiger charge is 2.43. The van der Waals surface area contributed by atoms with Gasteiger partial charge in [-0.1, -0.05) is 26.2 Å². The fourth-order valence-electron chi connectivity index (χ4n) is 3.00. The standard InChI is InChI=1S/C13H22N2O3/c1-2-10-5-8-15(9-10)12(18)14-13(11(16)17)6-3-4-7-13/h10H,2-9H2,1H3,(H,14,18)(H,16,17). The molecule has 1 unspecified atom stereocenters. The molecule has 1 heterocycles. The van der Waals surface area contributed by atoms with Gasteiger partial charge in [-0.2, -0.15) is 0 Å². The van der Waals surface area contributed by atoms with Crippen molar-refractivity contribution in [3.8, 4) is 0 Å². The monoisotopic (exact) mass is 254 g/mol. The van der Waals surface area contributed by atoms with Crippen LogP contribution in [0.3, 0.4) is 0 Å². The average molecular weight is 254 g/mol. The van der Waals surface area contributed by atoms with Gasteiger partial charge in [0.15, 0.2) is 0 Å². The van der Waals surface area contributed by atoms with Gasteiger partial charge in [-0.25, -0.2) is 9.59 Å². The fraction of sp³-hybridized carbons (Fsp3) is 0.846. The van der Waals surface area contributed by atoms with Crippen LogP contribution in [0.2, 0.25) is 0 Å². The summed E-state index contributed by atoms with van der Waals surface area (Å²) in [5.41, 5.74) is -1.01. The van der Waals surface area contributed by atoms with Crippen LogP contribution in [0.15, 0.2) is 0 Å². The van der Waals surface area contributed by atoms with E-state index >= 15 is 0 Å². The van der Waals surface area contributed by atoms with Crippen molar-refractivity contribution in [2.45, 2.75) is 51.0 Å². The third-order valence-electron chi connectivity index (χ3n) is 4.36. The molecular weight excluding hydrogens is 232 g/mol. The topological polar surface area (TPSA) is 69.6 Å². The van der Waals surface area contributed by atoms with Crippen molar-refractivity contribution >= 4 is 12.0 Å². The summed E-state index contributed by atoms with van der Waals surface area (Å²) >= 11 is 0. The lowest BCUT2D eigenvalue weighted by Crippen LogP contribution is -2.56. The number of carboxylic acids is 1. The van der Waals surface area contributed by atoms with Crippen LogP contribution >= 0.6 is 0 Å². The van der Waals surface area contributed by atoms with Crippen LogP contribution in [0.4, 0.5) is 4.79 Å². The molecule has 0 radical (unpaired) electrons. The smallest absolute Gasteiger partial charge is 0.329 e. The number of likely N-dealkylation sites (tertiary alicyclic amines) is 1. The predicted molar refractivity (Wildman–Crippen MR) is 67.3 cm³/mol. The number of urea groups is 1. The summed E-state index contributed by atoms with van der Waals surface area (Å²) in [6.45, 7) is 3.64. The lowest BCUT2D eigenvalue weighted by molar-refractivity contribution is -0.144. The predicted octanol–water partition coefficient (Wildman–Crippen LogP) is 1.83. The van der Waals surface area contributed by atoms with Crippen molar-refractivity contribution in [1.82, 2.24) is 10.2 Å². The van der Waals surface area contributed by atoms with Gasteiger partial charge in [-0.3, -0.25) is 0 Å². The van der Waals surface area contributed by atoms with Gasteiger partial charge < -0.3 is 15.3 Å². The molecule has 102 valence electrons. The summed E-state index contributed by atoms with van der Waals surface area (Å²) in [5.74, 6) is -0.320. The Bertz CT molecular complexity index is 337. The molecule has 1 saturated carbocycles. The number of aliphatic carboxylic acids is 1. The molecule has 0 aromatic rings. The lowest BCUT2D eigenvalue weighted by atomic mass is 9.98. The number of hydrogen-bond acceptors (Lipinski definition) is 2. The molecule has 1 saturated heterocycles. The Morgan fingerprint density at radius 2 is 2.06 bits per heavy atom. The van der Waals surface area contributed by atoms with E-state index in [1.54, 1.807) is 4.90 Å². The second-order valence-electron chi connectivity index (χ2n) is 5.53. The fourth-order valence-corrected chi connectivity index (χ4v) is 3.00. The van der Waals surface area contributed by atoms with Crippen LogP contribution in [-0.2, 0) is 4.79 Å². The molecule has 0 bridgehead atoms. The second-order valence-corrected chi connectivity index (χ2v) is 5.53. The number of carbonyl (C=O) groups is 2. The van der Waals surface area contributed by atoms with Crippen LogP contribution < -0.4 is 5.32 Å². The van der Waals surface area contributed by atoms with Crippen molar-refractivity contribution in [2.24, 2.45) is 5.92 Å². The van der Waals surface area contributed by atoms with Crippen LogP contribution in [0.5, 0.6) is 0 Å². The maximum absolute atomic E-state index is 12.1. The zero-order chi connectivity index (χ0) is 13.2. The van der Waals surface area contributed by atoms with Gasteiger partial charge in [0.25, 0.3) is 0 Å². The molecule has 2 amide bonds. The first-order valence-corrected chi connectivity index (χ1v) is 6.88. The van der Waals surface area contributed by atoms with E-state index in [2.05, 4.69) is 12.2 Å². The molecule has 0 aromatic heterocycles. The summed E-state index contributed by atoms with van der Waals surface area (Å²) in [5, 5.41) is 12.1. The van der Waals surface area contributed by atoms with Crippen LogP contribution in [0, 0.1) is 5.92 Å². The number of nitrogens with zero attached hydrogens (tertiary/aromatic N) is 1. The van der Waals surface area contributed by atoms with Crippen molar-refractivity contribution < 1.29 is 14.7 Å². The van der Waals surface area contributed by atoms with Gasteiger partial charge >= 0.3 is 12.0 Å². The summed E-state index contributed by atoms with van der Waals surface area (Å²) in [6.07, 6.45) is 4.98. The number of hydrogen-bond donors (Lipinski definition) is 2. The van der Waals surface area contributed by atoms with Gasteiger partial charge in [0.05, 0.1) is 0 Å². The second kappa shape index (κ2) is 5.16. The number of rotatable bonds is 3. The third-order valence-corrected chi connectivity index (χ3v) is 4.36. The number of carboxylic acid groups (broad SMARTS) is 1. The zero-order valence-corrected chi connectivity index (χ0v) is 10.9.